The Morgan fingerprint density at radius 3 is 2.85 bits per heavy atom. The number of aromatic amines is 2. The summed E-state index contributed by atoms with van der Waals surface area (Å²) >= 11 is 0. The van der Waals surface area contributed by atoms with Gasteiger partial charge in [-0.3, -0.25) is 14.9 Å². The summed E-state index contributed by atoms with van der Waals surface area (Å²) in [4.78, 5) is 23.9. The number of nitrogens with zero attached hydrogens (tertiary/aromatic N) is 3. The van der Waals surface area contributed by atoms with E-state index in [1.165, 1.54) is 0 Å². The molecule has 1 atom stereocenters. The molecule has 3 aromatic heterocycles. The number of carbonyl (C=O) groups excluding carboxylic acids is 1. The molecule has 132 valence electrons. The van der Waals surface area contributed by atoms with Gasteiger partial charge in [-0.2, -0.15) is 5.10 Å². The van der Waals surface area contributed by atoms with Crippen molar-refractivity contribution in [2.75, 3.05) is 13.7 Å². The predicted molar refractivity (Wildman–Crippen MR) is 97.8 cm³/mol. The zero-order chi connectivity index (χ0) is 18.1. The van der Waals surface area contributed by atoms with Gasteiger partial charge >= 0.3 is 0 Å². The summed E-state index contributed by atoms with van der Waals surface area (Å²) < 4.78 is 5.04. The molecule has 8 heteroatoms. The molecule has 26 heavy (non-hydrogen) atoms. The second-order valence-corrected chi connectivity index (χ2v) is 6.14. The predicted octanol–water partition coefficient (Wildman–Crippen LogP) is 2.27. The van der Waals surface area contributed by atoms with Gasteiger partial charge in [0, 0.05) is 36.5 Å². The number of H-pyrrole nitrogens is 2. The highest BCUT2D eigenvalue weighted by atomic mass is 16.5. The SMILES string of the molecule is COCC(C)NC(=O)c1nc2cc3c(-c4ccncc4)n[nH]c3cc2[nH]1. The molecule has 1 amide bonds. The van der Waals surface area contributed by atoms with Crippen LogP contribution in [0.5, 0.6) is 0 Å². The number of methoxy groups -OCH3 is 1. The zero-order valence-corrected chi connectivity index (χ0v) is 14.4. The molecule has 0 bridgehead atoms. The Kier molecular flexibility index (Phi) is 4.10. The summed E-state index contributed by atoms with van der Waals surface area (Å²) in [5.74, 6) is 0.0101. The van der Waals surface area contributed by atoms with Gasteiger partial charge in [0.1, 0.15) is 5.69 Å². The van der Waals surface area contributed by atoms with Crippen molar-refractivity contribution in [1.82, 2.24) is 30.5 Å². The largest absolute Gasteiger partial charge is 0.383 e. The number of nitrogens with one attached hydrogen (secondary N) is 3. The number of carbonyl (C=O) groups is 1. The van der Waals surface area contributed by atoms with Crippen LogP contribution in [-0.4, -0.2) is 50.8 Å². The van der Waals surface area contributed by atoms with Gasteiger partial charge in [-0.05, 0) is 31.2 Å². The molecular weight excluding hydrogens is 332 g/mol. The Morgan fingerprint density at radius 1 is 1.27 bits per heavy atom. The quantitative estimate of drug-likeness (QED) is 0.512. The second-order valence-electron chi connectivity index (χ2n) is 6.14. The van der Waals surface area contributed by atoms with Crippen LogP contribution in [0.2, 0.25) is 0 Å². The van der Waals surface area contributed by atoms with Gasteiger partial charge < -0.3 is 15.0 Å². The fourth-order valence-corrected chi connectivity index (χ4v) is 2.94. The van der Waals surface area contributed by atoms with Gasteiger partial charge in [-0.25, -0.2) is 4.98 Å². The van der Waals surface area contributed by atoms with E-state index in [9.17, 15) is 4.79 Å². The maximum absolute atomic E-state index is 12.3. The molecule has 0 radical (unpaired) electrons. The Labute approximate surface area is 149 Å². The van der Waals surface area contributed by atoms with E-state index in [2.05, 4.69) is 30.5 Å². The number of pyridine rings is 1. The van der Waals surface area contributed by atoms with Gasteiger partial charge in [-0.15, -0.1) is 0 Å². The number of amides is 1. The maximum Gasteiger partial charge on any atom is 0.287 e. The average molecular weight is 350 g/mol. The van der Waals surface area contributed by atoms with Crippen LogP contribution in [0.15, 0.2) is 36.7 Å². The average Bonchev–Trinajstić information content (AvgIpc) is 3.23. The summed E-state index contributed by atoms with van der Waals surface area (Å²) in [6, 6.07) is 7.54. The number of hydrogen-bond acceptors (Lipinski definition) is 5. The van der Waals surface area contributed by atoms with E-state index in [-0.39, 0.29) is 17.8 Å². The van der Waals surface area contributed by atoms with Crippen LogP contribution in [0, 0.1) is 0 Å². The number of ether oxygens (including phenoxy) is 1. The fourth-order valence-electron chi connectivity index (χ4n) is 2.94. The van der Waals surface area contributed by atoms with Crippen molar-refractivity contribution in [3.63, 3.8) is 0 Å². The molecule has 1 unspecified atom stereocenters. The first-order chi connectivity index (χ1) is 12.7. The van der Waals surface area contributed by atoms with E-state index in [1.807, 2.05) is 31.2 Å². The lowest BCUT2D eigenvalue weighted by Gasteiger charge is -2.10. The highest BCUT2D eigenvalue weighted by Crippen LogP contribution is 2.28. The zero-order valence-electron chi connectivity index (χ0n) is 14.4. The summed E-state index contributed by atoms with van der Waals surface area (Å²) in [6.07, 6.45) is 3.46. The Balaban J connectivity index is 1.72. The fraction of sp³-hybridized carbons (Fsp3) is 0.222. The van der Waals surface area contributed by atoms with Gasteiger partial charge in [0.15, 0.2) is 5.82 Å². The molecule has 0 saturated heterocycles. The van der Waals surface area contributed by atoms with E-state index in [1.54, 1.807) is 19.5 Å². The van der Waals surface area contributed by atoms with Crippen molar-refractivity contribution >= 4 is 27.8 Å². The minimum absolute atomic E-state index is 0.0992. The van der Waals surface area contributed by atoms with E-state index >= 15 is 0 Å². The van der Waals surface area contributed by atoms with Crippen LogP contribution >= 0.6 is 0 Å². The Hall–Kier alpha value is -3.26. The van der Waals surface area contributed by atoms with Gasteiger partial charge in [0.05, 0.1) is 23.2 Å². The lowest BCUT2D eigenvalue weighted by molar-refractivity contribution is 0.0896. The number of hydrogen-bond donors (Lipinski definition) is 3. The minimum Gasteiger partial charge on any atom is -0.383 e. The topological polar surface area (TPSA) is 109 Å². The molecular formula is C18H18N6O2. The van der Waals surface area contributed by atoms with E-state index in [4.69, 9.17) is 4.74 Å². The smallest absolute Gasteiger partial charge is 0.287 e. The molecule has 0 saturated carbocycles. The van der Waals surface area contributed by atoms with E-state index < -0.39 is 0 Å². The van der Waals surface area contributed by atoms with Gasteiger partial charge in [0.2, 0.25) is 0 Å². The molecule has 4 aromatic rings. The normalized spacial score (nSPS) is 12.5. The number of benzene rings is 1. The van der Waals surface area contributed by atoms with Crippen molar-refractivity contribution in [2.24, 2.45) is 0 Å². The van der Waals surface area contributed by atoms with Gasteiger partial charge in [0.25, 0.3) is 5.91 Å². The van der Waals surface area contributed by atoms with Crippen LogP contribution < -0.4 is 5.32 Å². The van der Waals surface area contributed by atoms with Crippen molar-refractivity contribution < 1.29 is 9.53 Å². The van der Waals surface area contributed by atoms with Crippen molar-refractivity contribution in [3.8, 4) is 11.3 Å². The van der Waals surface area contributed by atoms with Crippen LogP contribution in [-0.2, 0) is 4.74 Å². The second kappa shape index (κ2) is 6.57. The van der Waals surface area contributed by atoms with E-state index in [0.717, 1.165) is 27.7 Å². The molecule has 4 rings (SSSR count). The Bertz CT molecular complexity index is 1070. The molecule has 0 fully saturated rings. The molecule has 0 aliphatic rings. The lowest BCUT2D eigenvalue weighted by atomic mass is 10.1. The molecule has 0 aliphatic heterocycles. The van der Waals surface area contributed by atoms with Crippen LogP contribution in [0.4, 0.5) is 0 Å². The highest BCUT2D eigenvalue weighted by Gasteiger charge is 2.16. The standard InChI is InChI=1S/C18H18N6O2/c1-10(9-26-2)20-18(25)17-21-14-7-12-13(8-15(14)22-17)23-24-16(12)11-3-5-19-6-4-11/h3-8,10H,9H2,1-2H3,(H,20,25)(H,21,22)(H,23,24). The maximum atomic E-state index is 12.3. The first-order valence-corrected chi connectivity index (χ1v) is 8.23. The summed E-state index contributed by atoms with van der Waals surface area (Å²) in [7, 11) is 1.60. The third-order valence-electron chi connectivity index (χ3n) is 4.13. The monoisotopic (exact) mass is 350 g/mol. The molecule has 8 nitrogen and oxygen atoms in total. The van der Waals surface area contributed by atoms with E-state index in [0.29, 0.717) is 12.1 Å². The van der Waals surface area contributed by atoms with Crippen LogP contribution in [0.3, 0.4) is 0 Å². The van der Waals surface area contributed by atoms with Crippen molar-refractivity contribution in [1.29, 1.82) is 0 Å². The molecule has 3 N–H and O–H groups in total. The highest BCUT2D eigenvalue weighted by molar-refractivity contribution is 6.02. The minimum atomic E-state index is -0.262. The third-order valence-corrected chi connectivity index (χ3v) is 4.13. The van der Waals surface area contributed by atoms with Crippen LogP contribution in [0.25, 0.3) is 33.2 Å². The first-order valence-electron chi connectivity index (χ1n) is 8.23. The lowest BCUT2D eigenvalue weighted by Crippen LogP contribution is -2.36. The molecule has 0 spiro atoms. The number of aromatic nitrogens is 5. The summed E-state index contributed by atoms with van der Waals surface area (Å²) in [6.45, 7) is 2.32. The summed E-state index contributed by atoms with van der Waals surface area (Å²) in [5.41, 5.74) is 4.14. The van der Waals surface area contributed by atoms with Crippen molar-refractivity contribution in [2.45, 2.75) is 13.0 Å². The number of fused-ring (bicyclic) bond motifs is 2. The molecule has 1 aromatic carbocycles. The van der Waals surface area contributed by atoms with Crippen molar-refractivity contribution in [3.05, 3.63) is 42.5 Å². The van der Waals surface area contributed by atoms with Gasteiger partial charge in [-0.1, -0.05) is 0 Å². The number of rotatable bonds is 5. The molecule has 0 aliphatic carbocycles. The summed E-state index contributed by atoms with van der Waals surface area (Å²) in [5, 5.41) is 11.2. The third kappa shape index (κ3) is 2.91. The Morgan fingerprint density at radius 2 is 2.08 bits per heavy atom. The number of imidazole rings is 1. The van der Waals surface area contributed by atoms with Crippen LogP contribution in [0.1, 0.15) is 17.5 Å². The first kappa shape index (κ1) is 16.2. The molecule has 3 heterocycles.